The van der Waals surface area contributed by atoms with Crippen molar-refractivity contribution in [2.45, 2.75) is 52.1 Å². The standard InChI is InChI=1S/C16H22O2/c1-3-16(17)13-6-10-15(11-7-13)18-14-8-4-12(2)5-9-14/h6-7,10-12,14H,3-5,8-9H2,1-2H3. The normalized spacial score (nSPS) is 23.7. The molecule has 1 fully saturated rings. The number of benzene rings is 1. The van der Waals surface area contributed by atoms with Gasteiger partial charge in [-0.3, -0.25) is 4.79 Å². The molecule has 0 bridgehead atoms. The minimum Gasteiger partial charge on any atom is -0.490 e. The van der Waals surface area contributed by atoms with Gasteiger partial charge >= 0.3 is 0 Å². The van der Waals surface area contributed by atoms with E-state index in [9.17, 15) is 4.79 Å². The zero-order chi connectivity index (χ0) is 13.0. The molecule has 98 valence electrons. The highest BCUT2D eigenvalue weighted by atomic mass is 16.5. The summed E-state index contributed by atoms with van der Waals surface area (Å²) >= 11 is 0. The summed E-state index contributed by atoms with van der Waals surface area (Å²) in [6.07, 6.45) is 5.73. The zero-order valence-corrected chi connectivity index (χ0v) is 11.3. The molecule has 1 aromatic carbocycles. The first-order valence-corrected chi connectivity index (χ1v) is 6.99. The summed E-state index contributed by atoms with van der Waals surface area (Å²) in [5.74, 6) is 1.92. The average molecular weight is 246 g/mol. The third-order valence-corrected chi connectivity index (χ3v) is 3.76. The molecule has 2 heteroatoms. The van der Waals surface area contributed by atoms with Crippen LogP contribution < -0.4 is 4.74 Å². The molecular formula is C16H22O2. The summed E-state index contributed by atoms with van der Waals surface area (Å²) in [7, 11) is 0. The van der Waals surface area contributed by atoms with Crippen LogP contribution in [0.5, 0.6) is 5.75 Å². The molecule has 0 aromatic heterocycles. The number of rotatable bonds is 4. The Balaban J connectivity index is 1.92. The van der Waals surface area contributed by atoms with Crippen LogP contribution in [0, 0.1) is 5.92 Å². The summed E-state index contributed by atoms with van der Waals surface area (Å²) < 4.78 is 5.96. The lowest BCUT2D eigenvalue weighted by Gasteiger charge is -2.26. The van der Waals surface area contributed by atoms with Gasteiger partial charge in [-0.25, -0.2) is 0 Å². The van der Waals surface area contributed by atoms with E-state index in [1.807, 2.05) is 31.2 Å². The molecule has 0 N–H and O–H groups in total. The number of hydrogen-bond donors (Lipinski definition) is 0. The van der Waals surface area contributed by atoms with Gasteiger partial charge in [0.1, 0.15) is 5.75 Å². The number of ether oxygens (including phenoxy) is 1. The Hall–Kier alpha value is -1.31. The van der Waals surface area contributed by atoms with Crippen LogP contribution in [-0.2, 0) is 0 Å². The predicted octanol–water partition coefficient (Wildman–Crippen LogP) is 4.24. The maximum absolute atomic E-state index is 11.5. The topological polar surface area (TPSA) is 26.3 Å². The molecule has 1 saturated carbocycles. The van der Waals surface area contributed by atoms with Crippen LogP contribution in [0.15, 0.2) is 24.3 Å². The fraction of sp³-hybridized carbons (Fsp3) is 0.562. The van der Waals surface area contributed by atoms with Crippen LogP contribution in [0.25, 0.3) is 0 Å². The van der Waals surface area contributed by atoms with Crippen molar-refractivity contribution < 1.29 is 9.53 Å². The molecule has 0 saturated heterocycles. The Labute approximate surface area is 109 Å². The second-order valence-corrected chi connectivity index (χ2v) is 5.30. The molecule has 1 aromatic rings. The van der Waals surface area contributed by atoms with Crippen molar-refractivity contribution >= 4 is 5.78 Å². The largest absolute Gasteiger partial charge is 0.490 e. The SMILES string of the molecule is CCC(=O)c1ccc(OC2CCC(C)CC2)cc1. The number of ketones is 1. The van der Waals surface area contributed by atoms with Gasteiger partial charge in [-0.15, -0.1) is 0 Å². The summed E-state index contributed by atoms with van der Waals surface area (Å²) in [4.78, 5) is 11.5. The van der Waals surface area contributed by atoms with Crippen LogP contribution in [0.1, 0.15) is 56.3 Å². The fourth-order valence-corrected chi connectivity index (χ4v) is 2.46. The van der Waals surface area contributed by atoms with Crippen molar-refractivity contribution in [1.82, 2.24) is 0 Å². The maximum Gasteiger partial charge on any atom is 0.162 e. The Kier molecular flexibility index (Phi) is 4.40. The van der Waals surface area contributed by atoms with Crippen molar-refractivity contribution in [1.29, 1.82) is 0 Å². The molecule has 0 amide bonds. The molecule has 0 unspecified atom stereocenters. The van der Waals surface area contributed by atoms with Crippen LogP contribution in [0.2, 0.25) is 0 Å². The van der Waals surface area contributed by atoms with Gasteiger partial charge in [0.15, 0.2) is 5.78 Å². The number of Topliss-reactive ketones (excluding diaryl/α,β-unsaturated/α-hetero) is 1. The smallest absolute Gasteiger partial charge is 0.162 e. The number of carbonyl (C=O) groups excluding carboxylic acids is 1. The van der Waals surface area contributed by atoms with E-state index in [1.165, 1.54) is 12.8 Å². The first kappa shape index (κ1) is 13.1. The molecule has 0 radical (unpaired) electrons. The van der Waals surface area contributed by atoms with E-state index in [-0.39, 0.29) is 5.78 Å². The Morgan fingerprint density at radius 3 is 2.33 bits per heavy atom. The lowest BCUT2D eigenvalue weighted by molar-refractivity contribution is 0.0988. The van der Waals surface area contributed by atoms with Crippen LogP contribution in [0.3, 0.4) is 0 Å². The molecule has 0 aliphatic heterocycles. The van der Waals surface area contributed by atoms with Crippen molar-refractivity contribution in [2.75, 3.05) is 0 Å². The Morgan fingerprint density at radius 1 is 1.17 bits per heavy atom. The van der Waals surface area contributed by atoms with Gasteiger partial charge in [-0.05, 0) is 55.9 Å². The maximum atomic E-state index is 11.5. The zero-order valence-electron chi connectivity index (χ0n) is 11.3. The fourth-order valence-electron chi connectivity index (χ4n) is 2.46. The second-order valence-electron chi connectivity index (χ2n) is 5.30. The number of hydrogen-bond acceptors (Lipinski definition) is 2. The lowest BCUT2D eigenvalue weighted by atomic mass is 9.89. The summed E-state index contributed by atoms with van der Waals surface area (Å²) in [5, 5.41) is 0. The predicted molar refractivity (Wildman–Crippen MR) is 73.1 cm³/mol. The van der Waals surface area contributed by atoms with Crippen molar-refractivity contribution in [2.24, 2.45) is 5.92 Å². The van der Waals surface area contributed by atoms with E-state index in [2.05, 4.69) is 6.92 Å². The summed E-state index contributed by atoms with van der Waals surface area (Å²) in [6, 6.07) is 7.57. The summed E-state index contributed by atoms with van der Waals surface area (Å²) in [5.41, 5.74) is 0.780. The monoisotopic (exact) mass is 246 g/mol. The van der Waals surface area contributed by atoms with Gasteiger partial charge in [0.2, 0.25) is 0 Å². The third kappa shape index (κ3) is 3.34. The highest BCUT2D eigenvalue weighted by molar-refractivity contribution is 5.95. The average Bonchev–Trinajstić information content (AvgIpc) is 2.41. The molecule has 2 nitrogen and oxygen atoms in total. The van der Waals surface area contributed by atoms with E-state index in [0.717, 1.165) is 30.1 Å². The van der Waals surface area contributed by atoms with E-state index in [4.69, 9.17) is 4.74 Å². The molecule has 0 spiro atoms. The lowest BCUT2D eigenvalue weighted by Crippen LogP contribution is -2.23. The van der Waals surface area contributed by atoms with Gasteiger partial charge < -0.3 is 4.74 Å². The van der Waals surface area contributed by atoms with E-state index >= 15 is 0 Å². The van der Waals surface area contributed by atoms with Gasteiger partial charge in [0.05, 0.1) is 6.10 Å². The molecule has 0 heterocycles. The summed E-state index contributed by atoms with van der Waals surface area (Å²) in [6.45, 7) is 4.19. The van der Waals surface area contributed by atoms with Gasteiger partial charge in [0.25, 0.3) is 0 Å². The molecule has 18 heavy (non-hydrogen) atoms. The van der Waals surface area contributed by atoms with E-state index in [0.29, 0.717) is 12.5 Å². The minimum atomic E-state index is 0.188. The third-order valence-electron chi connectivity index (χ3n) is 3.76. The molecule has 0 atom stereocenters. The molecular weight excluding hydrogens is 224 g/mol. The first-order chi connectivity index (χ1) is 8.69. The van der Waals surface area contributed by atoms with Gasteiger partial charge in [-0.2, -0.15) is 0 Å². The second kappa shape index (κ2) is 6.03. The molecule has 2 rings (SSSR count). The van der Waals surface area contributed by atoms with Crippen LogP contribution in [0.4, 0.5) is 0 Å². The first-order valence-electron chi connectivity index (χ1n) is 6.99. The molecule has 1 aliphatic rings. The highest BCUT2D eigenvalue weighted by Gasteiger charge is 2.19. The van der Waals surface area contributed by atoms with Gasteiger partial charge in [-0.1, -0.05) is 13.8 Å². The minimum absolute atomic E-state index is 0.188. The quantitative estimate of drug-likeness (QED) is 0.743. The van der Waals surface area contributed by atoms with E-state index < -0.39 is 0 Å². The van der Waals surface area contributed by atoms with Crippen molar-refractivity contribution in [3.8, 4) is 5.75 Å². The van der Waals surface area contributed by atoms with Crippen LogP contribution in [-0.4, -0.2) is 11.9 Å². The Morgan fingerprint density at radius 2 is 1.78 bits per heavy atom. The van der Waals surface area contributed by atoms with Crippen molar-refractivity contribution in [3.05, 3.63) is 29.8 Å². The number of carbonyl (C=O) groups is 1. The van der Waals surface area contributed by atoms with E-state index in [1.54, 1.807) is 0 Å². The van der Waals surface area contributed by atoms with Crippen molar-refractivity contribution in [3.63, 3.8) is 0 Å². The molecule has 1 aliphatic carbocycles. The Bertz CT molecular complexity index is 386. The van der Waals surface area contributed by atoms with Gasteiger partial charge in [0, 0.05) is 12.0 Å². The highest BCUT2D eigenvalue weighted by Crippen LogP contribution is 2.27. The van der Waals surface area contributed by atoms with Crippen LogP contribution >= 0.6 is 0 Å².